The van der Waals surface area contributed by atoms with Crippen LogP contribution in [0.1, 0.15) is 37.5 Å². The van der Waals surface area contributed by atoms with Gasteiger partial charge in [0.15, 0.2) is 0 Å². The molecule has 0 heterocycles. The zero-order valence-corrected chi connectivity index (χ0v) is 13.2. The number of carboxylic acid groups (broad SMARTS) is 1. The number of aryl methyl sites for hydroxylation is 2. The van der Waals surface area contributed by atoms with Crippen LogP contribution in [0.5, 0.6) is 0 Å². The highest BCUT2D eigenvalue weighted by Crippen LogP contribution is 2.12. The van der Waals surface area contributed by atoms with Crippen LogP contribution in [0.25, 0.3) is 0 Å². The summed E-state index contributed by atoms with van der Waals surface area (Å²) < 4.78 is 5.09. The van der Waals surface area contributed by atoms with Crippen molar-refractivity contribution in [1.82, 2.24) is 5.32 Å². The fourth-order valence-electron chi connectivity index (χ4n) is 1.82. The molecule has 0 aliphatic heterocycles. The van der Waals surface area contributed by atoms with Crippen molar-refractivity contribution in [3.63, 3.8) is 0 Å². The van der Waals surface area contributed by atoms with Crippen LogP contribution < -0.4 is 5.32 Å². The minimum Gasteiger partial charge on any atom is -0.480 e. The van der Waals surface area contributed by atoms with E-state index in [9.17, 15) is 14.7 Å². The summed E-state index contributed by atoms with van der Waals surface area (Å²) >= 11 is 0. The van der Waals surface area contributed by atoms with Gasteiger partial charge in [0.1, 0.15) is 11.6 Å². The number of hydrogen-bond acceptors (Lipinski definition) is 3. The number of nitrogens with one attached hydrogen (secondary N) is 1. The minimum atomic E-state index is -1.08. The monoisotopic (exact) mass is 293 g/mol. The number of carboxylic acids is 1. The first-order chi connectivity index (χ1) is 9.58. The lowest BCUT2D eigenvalue weighted by Crippen LogP contribution is -2.44. The molecule has 1 aromatic carbocycles. The summed E-state index contributed by atoms with van der Waals surface area (Å²) in [6.07, 6.45) is -0.505. The Balaban J connectivity index is 2.76. The van der Waals surface area contributed by atoms with E-state index in [1.807, 2.05) is 32.0 Å². The van der Waals surface area contributed by atoms with Crippen molar-refractivity contribution in [2.75, 3.05) is 0 Å². The van der Waals surface area contributed by atoms with Crippen LogP contribution in [0.3, 0.4) is 0 Å². The number of aliphatic carboxylic acids is 1. The molecule has 0 aliphatic rings. The molecular weight excluding hydrogens is 270 g/mol. The van der Waals surface area contributed by atoms with Crippen LogP contribution in [-0.4, -0.2) is 28.8 Å². The Bertz CT molecular complexity index is 532. The van der Waals surface area contributed by atoms with Crippen molar-refractivity contribution in [2.24, 2.45) is 0 Å². The molecule has 0 saturated heterocycles. The smallest absolute Gasteiger partial charge is 0.408 e. The van der Waals surface area contributed by atoms with Crippen molar-refractivity contribution in [3.05, 3.63) is 34.9 Å². The lowest BCUT2D eigenvalue weighted by molar-refractivity contribution is -0.139. The van der Waals surface area contributed by atoms with Crippen LogP contribution in [0.4, 0.5) is 4.79 Å². The summed E-state index contributed by atoms with van der Waals surface area (Å²) in [5.74, 6) is -1.08. The van der Waals surface area contributed by atoms with Crippen LogP contribution >= 0.6 is 0 Å². The molecule has 0 aliphatic carbocycles. The highest BCUT2D eigenvalue weighted by Gasteiger charge is 2.24. The van der Waals surface area contributed by atoms with Gasteiger partial charge >= 0.3 is 12.1 Å². The van der Waals surface area contributed by atoms with E-state index in [2.05, 4.69) is 5.32 Å². The van der Waals surface area contributed by atoms with Gasteiger partial charge in [0.25, 0.3) is 0 Å². The number of alkyl carbamates (subject to hydrolysis) is 1. The van der Waals surface area contributed by atoms with Gasteiger partial charge in [-0.3, -0.25) is 0 Å². The molecule has 0 unspecified atom stereocenters. The number of carbonyl (C=O) groups excluding carboxylic acids is 1. The topological polar surface area (TPSA) is 75.6 Å². The van der Waals surface area contributed by atoms with Crippen molar-refractivity contribution >= 4 is 12.1 Å². The number of benzene rings is 1. The Kier molecular flexibility index (Phi) is 5.35. The number of ether oxygens (including phenoxy) is 1. The number of rotatable bonds is 4. The third kappa shape index (κ3) is 5.85. The highest BCUT2D eigenvalue weighted by molar-refractivity contribution is 5.80. The molecule has 5 heteroatoms. The fraction of sp³-hybridized carbons (Fsp3) is 0.500. The van der Waals surface area contributed by atoms with Crippen molar-refractivity contribution in [1.29, 1.82) is 0 Å². The van der Waals surface area contributed by atoms with Gasteiger partial charge in [-0.2, -0.15) is 0 Å². The van der Waals surface area contributed by atoms with Crippen molar-refractivity contribution < 1.29 is 19.4 Å². The predicted octanol–water partition coefficient (Wildman–Crippen LogP) is 2.82. The second-order valence-electron chi connectivity index (χ2n) is 6.16. The average Bonchev–Trinajstić information content (AvgIpc) is 2.30. The molecule has 5 nitrogen and oxygen atoms in total. The zero-order valence-electron chi connectivity index (χ0n) is 13.2. The summed E-state index contributed by atoms with van der Waals surface area (Å²) in [5.41, 5.74) is 2.44. The van der Waals surface area contributed by atoms with Crippen molar-refractivity contribution in [3.8, 4) is 0 Å². The zero-order chi connectivity index (χ0) is 16.2. The van der Waals surface area contributed by atoms with E-state index in [0.29, 0.717) is 0 Å². The number of hydrogen-bond donors (Lipinski definition) is 2. The van der Waals surface area contributed by atoms with Crippen LogP contribution in [0.2, 0.25) is 0 Å². The van der Waals surface area contributed by atoms with E-state index < -0.39 is 23.7 Å². The summed E-state index contributed by atoms with van der Waals surface area (Å²) in [6.45, 7) is 9.14. The molecule has 1 atom stereocenters. The van der Waals surface area contributed by atoms with E-state index in [1.54, 1.807) is 20.8 Å². The van der Waals surface area contributed by atoms with Gasteiger partial charge in [0.2, 0.25) is 0 Å². The maximum atomic E-state index is 11.7. The molecule has 0 saturated carbocycles. The Labute approximate surface area is 125 Å². The quantitative estimate of drug-likeness (QED) is 0.895. The van der Waals surface area contributed by atoms with E-state index in [-0.39, 0.29) is 6.42 Å². The van der Waals surface area contributed by atoms with E-state index in [0.717, 1.165) is 16.7 Å². The standard InChI is InChI=1S/C16H23NO4/c1-10-6-7-12(8-11(10)2)9-13(14(18)19)17-15(20)21-16(3,4)5/h6-8,13H,9H2,1-5H3,(H,17,20)(H,18,19)/t13-/m1/s1. The molecule has 116 valence electrons. The first-order valence-corrected chi connectivity index (χ1v) is 6.87. The Hall–Kier alpha value is -2.04. The Morgan fingerprint density at radius 3 is 2.33 bits per heavy atom. The Morgan fingerprint density at radius 2 is 1.86 bits per heavy atom. The second kappa shape index (κ2) is 6.61. The molecule has 0 radical (unpaired) electrons. The molecule has 1 rings (SSSR count). The van der Waals surface area contributed by atoms with Crippen LogP contribution in [-0.2, 0) is 16.0 Å². The van der Waals surface area contributed by atoms with Gasteiger partial charge in [-0.1, -0.05) is 18.2 Å². The third-order valence-electron chi connectivity index (χ3n) is 3.00. The van der Waals surface area contributed by atoms with Crippen LogP contribution in [0.15, 0.2) is 18.2 Å². The molecule has 2 N–H and O–H groups in total. The molecular formula is C16H23NO4. The minimum absolute atomic E-state index is 0.218. The Morgan fingerprint density at radius 1 is 1.24 bits per heavy atom. The largest absolute Gasteiger partial charge is 0.480 e. The van der Waals surface area contributed by atoms with Crippen LogP contribution in [0, 0.1) is 13.8 Å². The van der Waals surface area contributed by atoms with Gasteiger partial charge < -0.3 is 15.2 Å². The molecule has 0 fully saturated rings. The lowest BCUT2D eigenvalue weighted by Gasteiger charge is -2.22. The normalized spacial score (nSPS) is 12.6. The summed E-state index contributed by atoms with van der Waals surface area (Å²) in [7, 11) is 0. The third-order valence-corrected chi connectivity index (χ3v) is 3.00. The summed E-state index contributed by atoms with van der Waals surface area (Å²) in [6, 6.07) is 4.73. The summed E-state index contributed by atoms with van der Waals surface area (Å²) in [4.78, 5) is 23.0. The molecule has 21 heavy (non-hydrogen) atoms. The summed E-state index contributed by atoms with van der Waals surface area (Å²) in [5, 5.41) is 11.6. The molecule has 1 aromatic rings. The van der Waals surface area contributed by atoms with E-state index >= 15 is 0 Å². The van der Waals surface area contributed by atoms with Gasteiger partial charge in [0.05, 0.1) is 0 Å². The average molecular weight is 293 g/mol. The maximum absolute atomic E-state index is 11.7. The molecule has 0 bridgehead atoms. The SMILES string of the molecule is Cc1ccc(C[C@@H](NC(=O)OC(C)(C)C)C(=O)O)cc1C. The maximum Gasteiger partial charge on any atom is 0.408 e. The second-order valence-corrected chi connectivity index (χ2v) is 6.16. The van der Waals surface area contributed by atoms with Gasteiger partial charge in [-0.05, 0) is 51.3 Å². The van der Waals surface area contributed by atoms with Gasteiger partial charge in [-0.25, -0.2) is 9.59 Å². The molecule has 1 amide bonds. The molecule has 0 spiro atoms. The van der Waals surface area contributed by atoms with Gasteiger partial charge in [-0.15, -0.1) is 0 Å². The fourth-order valence-corrected chi connectivity index (χ4v) is 1.82. The first kappa shape index (κ1) is 17.0. The van der Waals surface area contributed by atoms with E-state index in [4.69, 9.17) is 4.74 Å². The van der Waals surface area contributed by atoms with E-state index in [1.165, 1.54) is 0 Å². The number of carbonyl (C=O) groups is 2. The van der Waals surface area contributed by atoms with Gasteiger partial charge in [0, 0.05) is 6.42 Å². The first-order valence-electron chi connectivity index (χ1n) is 6.87. The lowest BCUT2D eigenvalue weighted by atomic mass is 10.0. The van der Waals surface area contributed by atoms with Crippen molar-refractivity contribution in [2.45, 2.75) is 52.7 Å². The number of amides is 1. The molecule has 0 aromatic heterocycles. The predicted molar refractivity (Wildman–Crippen MR) is 80.4 cm³/mol. The highest BCUT2D eigenvalue weighted by atomic mass is 16.6.